The van der Waals surface area contributed by atoms with E-state index >= 15 is 0 Å². The van der Waals surface area contributed by atoms with Crippen molar-refractivity contribution in [2.75, 3.05) is 30.4 Å². The van der Waals surface area contributed by atoms with E-state index in [1.807, 2.05) is 42.5 Å². The second-order valence-corrected chi connectivity index (χ2v) is 7.40. The van der Waals surface area contributed by atoms with Gasteiger partial charge in [-0.15, -0.1) is 0 Å². The molecule has 158 valence electrons. The zero-order chi connectivity index (χ0) is 21.6. The van der Waals surface area contributed by atoms with Crippen molar-refractivity contribution in [1.82, 2.24) is 5.32 Å². The second-order valence-electron chi connectivity index (χ2n) is 7.40. The number of ether oxygens (including phenoxy) is 1. The van der Waals surface area contributed by atoms with Gasteiger partial charge in [-0.25, -0.2) is 4.79 Å². The van der Waals surface area contributed by atoms with Crippen LogP contribution in [0, 0.1) is 0 Å². The first-order valence-electron chi connectivity index (χ1n) is 10.3. The molecule has 1 aliphatic heterocycles. The number of benzene rings is 3. The van der Waals surface area contributed by atoms with Gasteiger partial charge in [-0.3, -0.25) is 4.79 Å². The molecule has 1 aliphatic rings. The topological polar surface area (TPSA) is 70.7 Å². The van der Waals surface area contributed by atoms with Crippen LogP contribution >= 0.6 is 0 Å². The molecule has 3 aromatic carbocycles. The molecule has 0 aromatic heterocycles. The summed E-state index contributed by atoms with van der Waals surface area (Å²) in [5.41, 5.74) is 4.39. The summed E-state index contributed by atoms with van der Waals surface area (Å²) in [6.07, 6.45) is 1.57. The molecule has 0 atom stereocenters. The fraction of sp³-hybridized carbons (Fsp3) is 0.200. The number of carbonyl (C=O) groups is 2. The van der Waals surface area contributed by atoms with Crippen LogP contribution < -0.4 is 20.3 Å². The fourth-order valence-electron chi connectivity index (χ4n) is 3.72. The molecule has 3 aromatic rings. The van der Waals surface area contributed by atoms with Crippen molar-refractivity contribution in [3.05, 3.63) is 89.5 Å². The van der Waals surface area contributed by atoms with Crippen molar-refractivity contribution in [2.24, 2.45) is 0 Å². The zero-order valence-electron chi connectivity index (χ0n) is 17.4. The summed E-state index contributed by atoms with van der Waals surface area (Å²) < 4.78 is 5.15. The standard InChI is InChI=1S/C25H25N3O3/c1-31-22-11-9-18(10-12-22)13-15-26-25(30)27-21-7-4-6-20(17-21)24(29)28-16-14-19-5-2-3-8-23(19)28/h2-12,17H,13-16H2,1H3,(H2,26,27,30). The van der Waals surface area contributed by atoms with Gasteiger partial charge in [-0.05, 0) is 60.4 Å². The molecule has 0 fully saturated rings. The molecule has 0 saturated heterocycles. The van der Waals surface area contributed by atoms with Gasteiger partial charge in [0.15, 0.2) is 0 Å². The van der Waals surface area contributed by atoms with Crippen molar-refractivity contribution in [3.8, 4) is 5.75 Å². The minimum absolute atomic E-state index is 0.0616. The lowest BCUT2D eigenvalue weighted by atomic mass is 10.1. The highest BCUT2D eigenvalue weighted by Gasteiger charge is 2.25. The van der Waals surface area contributed by atoms with E-state index in [9.17, 15) is 9.59 Å². The zero-order valence-corrected chi connectivity index (χ0v) is 17.4. The third-order valence-corrected chi connectivity index (χ3v) is 5.36. The number of nitrogens with one attached hydrogen (secondary N) is 2. The van der Waals surface area contributed by atoms with E-state index in [1.54, 1.807) is 36.3 Å². The Balaban J connectivity index is 1.33. The summed E-state index contributed by atoms with van der Waals surface area (Å²) in [4.78, 5) is 27.1. The maximum absolute atomic E-state index is 13.0. The Morgan fingerprint density at radius 3 is 2.61 bits per heavy atom. The summed E-state index contributed by atoms with van der Waals surface area (Å²) in [6, 6.07) is 22.5. The lowest BCUT2D eigenvalue weighted by molar-refractivity contribution is 0.0989. The van der Waals surface area contributed by atoms with Gasteiger partial charge < -0.3 is 20.3 Å². The number of para-hydroxylation sites is 1. The molecule has 0 radical (unpaired) electrons. The molecule has 2 N–H and O–H groups in total. The van der Waals surface area contributed by atoms with E-state index in [1.165, 1.54) is 5.56 Å². The summed E-state index contributed by atoms with van der Waals surface area (Å²) >= 11 is 0. The van der Waals surface area contributed by atoms with Gasteiger partial charge in [-0.2, -0.15) is 0 Å². The summed E-state index contributed by atoms with van der Waals surface area (Å²) in [7, 11) is 1.63. The third-order valence-electron chi connectivity index (χ3n) is 5.36. The number of urea groups is 1. The molecule has 0 unspecified atom stereocenters. The molecule has 6 heteroatoms. The first-order valence-corrected chi connectivity index (χ1v) is 10.3. The smallest absolute Gasteiger partial charge is 0.319 e. The van der Waals surface area contributed by atoms with E-state index in [-0.39, 0.29) is 11.9 Å². The highest BCUT2D eigenvalue weighted by atomic mass is 16.5. The van der Waals surface area contributed by atoms with E-state index < -0.39 is 0 Å². The van der Waals surface area contributed by atoms with Crippen LogP contribution in [0.15, 0.2) is 72.8 Å². The Morgan fingerprint density at radius 1 is 1.00 bits per heavy atom. The highest BCUT2D eigenvalue weighted by molar-refractivity contribution is 6.08. The van der Waals surface area contributed by atoms with E-state index in [0.29, 0.717) is 30.8 Å². The maximum Gasteiger partial charge on any atom is 0.319 e. The average Bonchev–Trinajstić information content (AvgIpc) is 3.23. The van der Waals surface area contributed by atoms with Crippen molar-refractivity contribution in [1.29, 1.82) is 0 Å². The van der Waals surface area contributed by atoms with Crippen LogP contribution in [-0.4, -0.2) is 32.1 Å². The highest BCUT2D eigenvalue weighted by Crippen LogP contribution is 2.29. The van der Waals surface area contributed by atoms with Gasteiger partial charge in [0.25, 0.3) is 5.91 Å². The maximum atomic E-state index is 13.0. The van der Waals surface area contributed by atoms with Crippen molar-refractivity contribution in [3.63, 3.8) is 0 Å². The molecule has 0 aliphatic carbocycles. The number of hydrogen-bond acceptors (Lipinski definition) is 3. The lowest BCUT2D eigenvalue weighted by Crippen LogP contribution is -2.31. The van der Waals surface area contributed by atoms with Gasteiger partial charge in [0.2, 0.25) is 0 Å². The molecule has 0 saturated carbocycles. The normalized spacial score (nSPS) is 12.2. The summed E-state index contributed by atoms with van der Waals surface area (Å²) in [5.74, 6) is 0.745. The predicted molar refractivity (Wildman–Crippen MR) is 122 cm³/mol. The lowest BCUT2D eigenvalue weighted by Gasteiger charge is -2.18. The van der Waals surface area contributed by atoms with Gasteiger partial charge in [0, 0.05) is 30.0 Å². The molecule has 0 spiro atoms. The number of methoxy groups -OCH3 is 1. The number of anilines is 2. The average molecular weight is 415 g/mol. The Kier molecular flexibility index (Phi) is 6.17. The van der Waals surface area contributed by atoms with Crippen molar-refractivity contribution >= 4 is 23.3 Å². The molecule has 0 bridgehead atoms. The van der Waals surface area contributed by atoms with Gasteiger partial charge in [-0.1, -0.05) is 36.4 Å². The monoisotopic (exact) mass is 415 g/mol. The number of fused-ring (bicyclic) bond motifs is 1. The van der Waals surface area contributed by atoms with Crippen molar-refractivity contribution in [2.45, 2.75) is 12.8 Å². The Morgan fingerprint density at radius 2 is 1.81 bits per heavy atom. The van der Waals surface area contributed by atoms with Gasteiger partial charge in [0.05, 0.1) is 7.11 Å². The number of hydrogen-bond donors (Lipinski definition) is 2. The number of rotatable bonds is 6. The second kappa shape index (κ2) is 9.34. The number of nitrogens with zero attached hydrogens (tertiary/aromatic N) is 1. The van der Waals surface area contributed by atoms with Crippen LogP contribution in [0.2, 0.25) is 0 Å². The SMILES string of the molecule is COc1ccc(CCNC(=O)Nc2cccc(C(=O)N3CCc4ccccc43)c2)cc1. The van der Waals surface area contributed by atoms with E-state index in [4.69, 9.17) is 4.74 Å². The third kappa shape index (κ3) is 4.86. The predicted octanol–water partition coefficient (Wildman–Crippen LogP) is 4.26. The van der Waals surface area contributed by atoms with E-state index in [2.05, 4.69) is 16.7 Å². The first kappa shape index (κ1) is 20.5. The number of amides is 3. The summed E-state index contributed by atoms with van der Waals surface area (Å²) in [5, 5.41) is 5.66. The van der Waals surface area contributed by atoms with Gasteiger partial charge in [0.1, 0.15) is 5.75 Å². The number of carbonyl (C=O) groups excluding carboxylic acids is 2. The molecule has 1 heterocycles. The Labute approximate surface area is 181 Å². The van der Waals surface area contributed by atoms with Gasteiger partial charge >= 0.3 is 6.03 Å². The molecular formula is C25H25N3O3. The van der Waals surface area contributed by atoms with E-state index in [0.717, 1.165) is 23.4 Å². The largest absolute Gasteiger partial charge is 0.497 e. The van der Waals surface area contributed by atoms with Crippen LogP contribution in [0.25, 0.3) is 0 Å². The van der Waals surface area contributed by atoms with Crippen LogP contribution in [-0.2, 0) is 12.8 Å². The Hall–Kier alpha value is -3.80. The van der Waals surface area contributed by atoms with Crippen LogP contribution in [0.1, 0.15) is 21.5 Å². The molecule has 31 heavy (non-hydrogen) atoms. The molecule has 4 rings (SSSR count). The summed E-state index contributed by atoms with van der Waals surface area (Å²) in [6.45, 7) is 1.17. The Bertz CT molecular complexity index is 1080. The molecule has 3 amide bonds. The van der Waals surface area contributed by atoms with Crippen LogP contribution in [0.4, 0.5) is 16.2 Å². The minimum Gasteiger partial charge on any atom is -0.497 e. The fourth-order valence-corrected chi connectivity index (χ4v) is 3.72. The van der Waals surface area contributed by atoms with Crippen LogP contribution in [0.3, 0.4) is 0 Å². The molecular weight excluding hydrogens is 390 g/mol. The minimum atomic E-state index is -0.301. The van der Waals surface area contributed by atoms with Crippen LogP contribution in [0.5, 0.6) is 5.75 Å². The first-order chi connectivity index (χ1) is 15.1. The van der Waals surface area contributed by atoms with Crippen molar-refractivity contribution < 1.29 is 14.3 Å². The molecule has 6 nitrogen and oxygen atoms in total. The quantitative estimate of drug-likeness (QED) is 0.632.